The van der Waals surface area contributed by atoms with Gasteiger partial charge in [0.15, 0.2) is 0 Å². The Kier molecular flexibility index (Phi) is 5.09. The fourth-order valence-corrected chi connectivity index (χ4v) is 5.48. The van der Waals surface area contributed by atoms with Crippen LogP contribution in [0.3, 0.4) is 0 Å². The first kappa shape index (κ1) is 19.0. The van der Waals surface area contributed by atoms with Crippen molar-refractivity contribution in [1.82, 2.24) is 20.1 Å². The monoisotopic (exact) mass is 416 g/mol. The molecular weight excluding hydrogens is 392 g/mol. The molecule has 1 aliphatic carbocycles. The Morgan fingerprint density at radius 1 is 1.07 bits per heavy atom. The van der Waals surface area contributed by atoms with Crippen LogP contribution in [0.1, 0.15) is 36.3 Å². The van der Waals surface area contributed by atoms with Crippen LogP contribution < -0.4 is 5.32 Å². The smallest absolute Gasteiger partial charge is 0.226 e. The van der Waals surface area contributed by atoms with Gasteiger partial charge in [-0.1, -0.05) is 43.2 Å². The van der Waals surface area contributed by atoms with E-state index in [4.69, 9.17) is 4.98 Å². The van der Waals surface area contributed by atoms with Gasteiger partial charge in [0.25, 0.3) is 0 Å². The average molecular weight is 417 g/mol. The lowest BCUT2D eigenvalue weighted by Crippen LogP contribution is -2.40. The van der Waals surface area contributed by atoms with E-state index in [1.165, 1.54) is 4.70 Å². The molecule has 0 radical (unpaired) electrons. The van der Waals surface area contributed by atoms with Gasteiger partial charge < -0.3 is 5.32 Å². The zero-order valence-electron chi connectivity index (χ0n) is 16.8. The van der Waals surface area contributed by atoms with E-state index in [0.29, 0.717) is 6.54 Å². The van der Waals surface area contributed by atoms with Gasteiger partial charge in [-0.05, 0) is 37.1 Å². The van der Waals surface area contributed by atoms with Crippen LogP contribution in [0.2, 0.25) is 0 Å². The van der Waals surface area contributed by atoms with Crippen molar-refractivity contribution in [3.63, 3.8) is 0 Å². The molecule has 6 heteroatoms. The van der Waals surface area contributed by atoms with E-state index in [2.05, 4.69) is 16.5 Å². The van der Waals surface area contributed by atoms with E-state index in [9.17, 15) is 4.79 Å². The van der Waals surface area contributed by atoms with Crippen molar-refractivity contribution in [3.05, 3.63) is 77.6 Å². The number of nitrogens with one attached hydrogen (secondary N) is 1. The first-order chi connectivity index (χ1) is 14.7. The van der Waals surface area contributed by atoms with Crippen LogP contribution in [-0.2, 0) is 17.8 Å². The molecule has 2 aromatic carbocycles. The summed E-state index contributed by atoms with van der Waals surface area (Å²) in [4.78, 5) is 18.1. The van der Waals surface area contributed by atoms with Crippen molar-refractivity contribution in [3.8, 4) is 5.69 Å². The van der Waals surface area contributed by atoms with E-state index in [1.54, 1.807) is 11.3 Å². The van der Waals surface area contributed by atoms with Gasteiger partial charge in [0.05, 0.1) is 32.5 Å². The average Bonchev–Trinajstić information content (AvgIpc) is 3.52. The maximum absolute atomic E-state index is 13.3. The number of thiazole rings is 1. The number of rotatable bonds is 6. The Bertz CT molecular complexity index is 1130. The van der Waals surface area contributed by atoms with Crippen LogP contribution in [0.4, 0.5) is 0 Å². The highest BCUT2D eigenvalue weighted by molar-refractivity contribution is 7.18. The third-order valence-electron chi connectivity index (χ3n) is 5.98. The minimum absolute atomic E-state index is 0.145. The Hall–Kier alpha value is -2.99. The fourth-order valence-electron chi connectivity index (χ4n) is 4.36. The van der Waals surface area contributed by atoms with Crippen molar-refractivity contribution in [2.45, 2.75) is 38.6 Å². The van der Waals surface area contributed by atoms with Gasteiger partial charge in [-0.2, -0.15) is 5.10 Å². The molecule has 0 spiro atoms. The molecule has 152 valence electrons. The van der Waals surface area contributed by atoms with Gasteiger partial charge in [0, 0.05) is 24.7 Å². The van der Waals surface area contributed by atoms with Crippen LogP contribution in [0.25, 0.3) is 15.9 Å². The standard InChI is InChI=1S/C24H24N4OS/c29-23(25-15-18-16-26-28(17-18)19-8-2-1-3-9-19)24(12-6-7-13-24)14-22-27-20-10-4-5-11-21(20)30-22/h1-5,8-11,16-17H,6-7,12-15H2,(H,25,29). The number of aromatic nitrogens is 3. The molecule has 1 amide bonds. The molecule has 1 fully saturated rings. The normalized spacial score (nSPS) is 15.5. The first-order valence-electron chi connectivity index (χ1n) is 10.4. The summed E-state index contributed by atoms with van der Waals surface area (Å²) in [6, 6.07) is 18.2. The summed E-state index contributed by atoms with van der Waals surface area (Å²) in [5, 5.41) is 8.67. The van der Waals surface area contributed by atoms with Gasteiger partial charge in [-0.25, -0.2) is 9.67 Å². The number of carbonyl (C=O) groups is 1. The predicted molar refractivity (Wildman–Crippen MR) is 120 cm³/mol. The molecule has 0 unspecified atom stereocenters. The fraction of sp³-hybridized carbons (Fsp3) is 0.292. The summed E-state index contributed by atoms with van der Waals surface area (Å²) in [7, 11) is 0. The van der Waals surface area contributed by atoms with Crippen molar-refractivity contribution in [2.24, 2.45) is 5.41 Å². The van der Waals surface area contributed by atoms with Gasteiger partial charge in [0.2, 0.25) is 5.91 Å². The highest BCUT2D eigenvalue weighted by atomic mass is 32.1. The maximum atomic E-state index is 13.3. The molecule has 1 N–H and O–H groups in total. The largest absolute Gasteiger partial charge is 0.351 e. The Labute approximate surface area is 179 Å². The number of amides is 1. The lowest BCUT2D eigenvalue weighted by atomic mass is 9.82. The van der Waals surface area contributed by atoms with Crippen LogP contribution in [0.5, 0.6) is 0 Å². The molecule has 0 saturated heterocycles. The van der Waals surface area contributed by atoms with Gasteiger partial charge in [-0.15, -0.1) is 11.3 Å². The molecule has 0 bridgehead atoms. The molecule has 5 nitrogen and oxygen atoms in total. The van der Waals surface area contributed by atoms with Crippen LogP contribution in [0, 0.1) is 5.41 Å². The molecule has 30 heavy (non-hydrogen) atoms. The van der Waals surface area contributed by atoms with Gasteiger partial charge in [-0.3, -0.25) is 4.79 Å². The number of carbonyl (C=O) groups excluding carboxylic acids is 1. The van der Waals surface area contributed by atoms with Crippen LogP contribution in [0.15, 0.2) is 67.0 Å². The van der Waals surface area contributed by atoms with Crippen molar-refractivity contribution < 1.29 is 4.79 Å². The topological polar surface area (TPSA) is 59.8 Å². The molecule has 2 heterocycles. The highest BCUT2D eigenvalue weighted by Crippen LogP contribution is 2.42. The number of benzene rings is 2. The summed E-state index contributed by atoms with van der Waals surface area (Å²) in [5.41, 5.74) is 2.70. The Morgan fingerprint density at radius 3 is 2.63 bits per heavy atom. The quantitative estimate of drug-likeness (QED) is 0.486. The third-order valence-corrected chi connectivity index (χ3v) is 7.02. The lowest BCUT2D eigenvalue weighted by Gasteiger charge is -2.26. The molecule has 0 aliphatic heterocycles. The maximum Gasteiger partial charge on any atom is 0.226 e. The molecule has 2 aromatic heterocycles. The minimum Gasteiger partial charge on any atom is -0.351 e. The minimum atomic E-state index is -0.344. The molecular formula is C24H24N4OS. The second-order valence-corrected chi connectivity index (χ2v) is 9.17. The number of para-hydroxylation sites is 2. The van der Waals surface area contributed by atoms with Crippen molar-refractivity contribution in [1.29, 1.82) is 0 Å². The predicted octanol–water partition coefficient (Wildman–Crippen LogP) is 4.90. The number of fused-ring (bicyclic) bond motifs is 1. The number of hydrogen-bond donors (Lipinski definition) is 1. The van der Waals surface area contributed by atoms with E-state index in [0.717, 1.165) is 53.9 Å². The summed E-state index contributed by atoms with van der Waals surface area (Å²) in [5.74, 6) is 0.145. The Morgan fingerprint density at radius 2 is 1.83 bits per heavy atom. The van der Waals surface area contributed by atoms with E-state index < -0.39 is 0 Å². The second-order valence-electron chi connectivity index (χ2n) is 8.05. The summed E-state index contributed by atoms with van der Waals surface area (Å²) < 4.78 is 3.03. The zero-order valence-corrected chi connectivity index (χ0v) is 17.6. The van der Waals surface area contributed by atoms with Crippen molar-refractivity contribution >= 4 is 27.5 Å². The number of nitrogens with zero attached hydrogens (tertiary/aromatic N) is 3. The number of hydrogen-bond acceptors (Lipinski definition) is 4. The summed E-state index contributed by atoms with van der Waals surface area (Å²) in [6.07, 6.45) is 8.58. The lowest BCUT2D eigenvalue weighted by molar-refractivity contribution is -0.131. The zero-order chi connectivity index (χ0) is 20.4. The van der Waals surface area contributed by atoms with Crippen molar-refractivity contribution in [2.75, 3.05) is 0 Å². The van der Waals surface area contributed by atoms with E-state index >= 15 is 0 Å². The van der Waals surface area contributed by atoms with Gasteiger partial charge in [0.1, 0.15) is 0 Å². The second kappa shape index (κ2) is 8.03. The molecule has 4 aromatic rings. The SMILES string of the molecule is O=C(NCc1cnn(-c2ccccc2)c1)C1(Cc2nc3ccccc3s2)CCCC1. The van der Waals surface area contributed by atoms with Crippen LogP contribution >= 0.6 is 11.3 Å². The molecule has 5 rings (SSSR count). The summed E-state index contributed by atoms with van der Waals surface area (Å²) >= 11 is 1.71. The van der Waals surface area contributed by atoms with Crippen LogP contribution in [-0.4, -0.2) is 20.7 Å². The Balaban J connectivity index is 1.29. The molecule has 1 aliphatic rings. The highest BCUT2D eigenvalue weighted by Gasteiger charge is 2.41. The first-order valence-corrected chi connectivity index (χ1v) is 11.3. The van der Waals surface area contributed by atoms with E-state index in [1.807, 2.05) is 65.6 Å². The molecule has 1 saturated carbocycles. The van der Waals surface area contributed by atoms with Gasteiger partial charge >= 0.3 is 0 Å². The summed E-state index contributed by atoms with van der Waals surface area (Å²) in [6.45, 7) is 0.493. The van der Waals surface area contributed by atoms with E-state index in [-0.39, 0.29) is 11.3 Å². The third kappa shape index (κ3) is 3.75. The molecule has 0 atom stereocenters.